The topological polar surface area (TPSA) is 342 Å². The van der Waals surface area contributed by atoms with Gasteiger partial charge in [-0.15, -0.1) is 0 Å². The highest BCUT2D eigenvalue weighted by Gasteiger charge is 2.25. The number of nitrogens with zero attached hydrogens (tertiary/aromatic N) is 4. The molecule has 24 heteroatoms. The largest absolute Gasteiger partial charge is 0.545 e. The Morgan fingerprint density at radius 3 is 0.928 bits per heavy atom. The van der Waals surface area contributed by atoms with E-state index >= 15 is 0 Å². The minimum absolute atomic E-state index is 0.110. The number of unbranched alkanes of at least 4 members (excludes halogenated alkanes) is 14. The highest BCUT2D eigenvalue weighted by molar-refractivity contribution is 5.69. The number of rotatable bonds is 59. The van der Waals surface area contributed by atoms with E-state index in [4.69, 9.17) is 33.2 Å². The molecule has 0 rings (SSSR count). The first-order valence-corrected chi connectivity index (χ1v) is 32.3. The summed E-state index contributed by atoms with van der Waals surface area (Å²) < 4.78 is 41.3. The molecule has 0 aromatic heterocycles. The first kappa shape index (κ1) is 79.2. The number of esters is 1. The van der Waals surface area contributed by atoms with Gasteiger partial charge in [-0.3, -0.25) is 4.79 Å². The quantitative estimate of drug-likeness (QED) is 0.0119. The average molecular weight is 1200 g/mol. The van der Waals surface area contributed by atoms with Gasteiger partial charge in [0, 0.05) is 110 Å². The van der Waals surface area contributed by atoms with Gasteiger partial charge in [0.15, 0.2) is 12.2 Å². The predicted octanol–water partition coefficient (Wildman–Crippen LogP) is -4.21. The Bertz CT molecular complexity index is 1500. The van der Waals surface area contributed by atoms with E-state index in [1.165, 1.54) is 70.6 Å². The molecule has 2 atom stereocenters. The van der Waals surface area contributed by atoms with Crippen LogP contribution in [0.3, 0.4) is 0 Å². The molecule has 0 aliphatic rings. The fourth-order valence-electron chi connectivity index (χ4n) is 8.89. The van der Waals surface area contributed by atoms with Gasteiger partial charge >= 0.3 is 30.3 Å². The van der Waals surface area contributed by atoms with Crippen molar-refractivity contribution in [3.63, 3.8) is 0 Å². The van der Waals surface area contributed by atoms with E-state index in [-0.39, 0.29) is 64.2 Å². The molecule has 0 saturated carbocycles. The van der Waals surface area contributed by atoms with Crippen LogP contribution in [0.25, 0.3) is 0 Å². The molecule has 0 aromatic rings. The lowest BCUT2D eigenvalue weighted by atomic mass is 10.0. The van der Waals surface area contributed by atoms with Crippen molar-refractivity contribution in [1.29, 1.82) is 0 Å². The summed E-state index contributed by atoms with van der Waals surface area (Å²) in [5, 5.41) is 43.0. The number of nitrogens with one attached hydrogen (secondary N) is 4. The number of hydrogen-bond acceptors (Lipinski definition) is 12. The summed E-state index contributed by atoms with van der Waals surface area (Å²) in [6.45, 7) is 13.8. The minimum atomic E-state index is -0.899. The predicted molar refractivity (Wildman–Crippen MR) is 325 cm³/mol. The van der Waals surface area contributed by atoms with Crippen molar-refractivity contribution in [1.82, 2.24) is 19.6 Å². The molecule has 0 spiro atoms. The summed E-state index contributed by atoms with van der Waals surface area (Å²) >= 11 is 0. The standard InChI is InChI=1S/C59H122N12O12/c1-6-7-8-9-10-11-12-13-14-15-16-17-18-19-20-29-55(72)81-52(46-77-48-53(82-58(75)66-36-27-44-70(4)40-23-32-62)50-79-56(73)64-34-25-42-68(2)38-21-30-60)47-78-49-54(83-59(76)67-37-28-45-71(5)41-24-33-63)51-80-57(74)65-35-26-43-69(3)39-22-31-61/h52-54H,6-51,60-63H2,1-5H3,(H,64,73)(H,65,74)(H,66,75)(H,67,76)/p+8. The fourth-order valence-corrected chi connectivity index (χ4v) is 8.89. The Morgan fingerprint density at radius 1 is 0.361 bits per heavy atom. The second kappa shape index (κ2) is 58.5. The van der Waals surface area contributed by atoms with Crippen molar-refractivity contribution in [3.05, 3.63) is 0 Å². The molecule has 0 heterocycles. The van der Waals surface area contributed by atoms with Gasteiger partial charge in [-0.25, -0.2) is 0 Å². The number of carbonyl (C=O) groups is 1. The third-order valence-electron chi connectivity index (χ3n) is 14.0. The normalized spacial score (nSPS) is 13.8. The molecule has 0 radical (unpaired) electrons. The molecule has 0 fully saturated rings. The Kier molecular flexibility index (Phi) is 55.8. The first-order valence-electron chi connectivity index (χ1n) is 32.3. The molecule has 0 aliphatic heterocycles. The van der Waals surface area contributed by atoms with E-state index in [0.717, 1.165) is 149 Å². The molecule has 0 amide bonds. The van der Waals surface area contributed by atoms with Crippen LogP contribution in [0.15, 0.2) is 0 Å². The first-order chi connectivity index (χ1) is 40.3. The maximum atomic E-state index is 13.4. The highest BCUT2D eigenvalue weighted by Crippen LogP contribution is 2.14. The van der Waals surface area contributed by atoms with Crippen LogP contribution < -0.4 is 42.9 Å². The molecule has 0 aliphatic carbocycles. The lowest BCUT2D eigenvalue weighted by Crippen LogP contribution is -2.75. The lowest BCUT2D eigenvalue weighted by Gasteiger charge is -2.21. The molecule has 20 N–H and O–H groups in total. The number of hydrogen-bond donors (Lipinski definition) is 12. The highest BCUT2D eigenvalue weighted by atomic mass is 16.7. The van der Waals surface area contributed by atoms with Crippen LogP contribution >= 0.6 is 0 Å². The molecular weight excluding hydrogens is 1070 g/mol. The Morgan fingerprint density at radius 2 is 0.627 bits per heavy atom. The molecule has 83 heavy (non-hydrogen) atoms. The van der Waals surface area contributed by atoms with Crippen molar-refractivity contribution in [2.45, 2.75) is 179 Å². The fraction of sp³-hybridized carbons (Fsp3) is 0.915. The summed E-state index contributed by atoms with van der Waals surface area (Å²) in [6, 6.07) is 0. The van der Waals surface area contributed by atoms with E-state index in [2.05, 4.69) is 83.5 Å². The number of aliphatic hydroxyl groups is 4. The number of carbonyl (C=O) groups excluding carboxylic acids is 1. The summed E-state index contributed by atoms with van der Waals surface area (Å²) in [4.78, 5) is 33.9. The van der Waals surface area contributed by atoms with Crippen LogP contribution in [-0.4, -0.2) is 261 Å². The van der Waals surface area contributed by atoms with Crippen molar-refractivity contribution < 1.29 is 101 Å². The van der Waals surface area contributed by atoms with Crippen LogP contribution in [0.1, 0.15) is 161 Å². The molecule has 0 aromatic carbocycles. The Labute approximate surface area is 501 Å². The number of ether oxygens (including phenoxy) is 7. The van der Waals surface area contributed by atoms with Crippen molar-refractivity contribution in [3.8, 4) is 0 Å². The smallest absolute Gasteiger partial charge is 0.457 e. The van der Waals surface area contributed by atoms with E-state index < -0.39 is 30.5 Å². The van der Waals surface area contributed by atoms with Gasteiger partial charge in [0.05, 0.1) is 52.6 Å². The number of quaternary nitrogens is 4. The van der Waals surface area contributed by atoms with Crippen LogP contribution in [0.5, 0.6) is 0 Å². The molecule has 24 nitrogen and oxygen atoms in total. The third-order valence-corrected chi connectivity index (χ3v) is 14.0. The van der Waals surface area contributed by atoms with E-state index in [0.29, 0.717) is 32.6 Å². The molecule has 490 valence electrons. The maximum absolute atomic E-state index is 13.4. The van der Waals surface area contributed by atoms with Crippen LogP contribution in [-0.2, 0) is 38.0 Å². The van der Waals surface area contributed by atoms with Gasteiger partial charge in [-0.1, -0.05) is 96.8 Å². The van der Waals surface area contributed by atoms with Gasteiger partial charge < -0.3 is 96.1 Å². The monoisotopic (exact) mass is 1200 g/mol. The third kappa shape index (κ3) is 54.5. The van der Waals surface area contributed by atoms with Gasteiger partial charge in [-0.2, -0.15) is 20.0 Å². The zero-order chi connectivity index (χ0) is 61.2. The molecule has 2 unspecified atom stereocenters. The average Bonchev–Trinajstić information content (AvgIpc) is 3.47. The van der Waals surface area contributed by atoms with Crippen molar-refractivity contribution >= 4 is 30.3 Å². The Balaban J connectivity index is 6.10. The lowest BCUT2D eigenvalue weighted by molar-refractivity contribution is -0.483. The SMILES string of the molecule is CCCCCCCCCCCCCCCCCC(=O)OC(COCC(COC(O)=[NH+]CCCN(C)CCC[NH3+])OC(O)=[NH+]CCCN(C)CCC[NH3+])COCC(COC(O)=[NH+]CCCN(C)CCC[NH3+])OC(O)=[NH+]CCCN(C)CCC[NH3+]. The Hall–Kier alpha value is -3.85. The van der Waals surface area contributed by atoms with Gasteiger partial charge in [0.1, 0.15) is 45.5 Å². The van der Waals surface area contributed by atoms with Crippen molar-refractivity contribution in [2.24, 2.45) is 0 Å². The summed E-state index contributed by atoms with van der Waals surface area (Å²) in [5.41, 5.74) is 15.7. The van der Waals surface area contributed by atoms with Crippen molar-refractivity contribution in [2.75, 3.05) is 173 Å². The second-order valence-corrected chi connectivity index (χ2v) is 22.4. The maximum Gasteiger partial charge on any atom is 0.545 e. The second-order valence-electron chi connectivity index (χ2n) is 22.4. The molecule has 0 saturated heterocycles. The zero-order valence-electron chi connectivity index (χ0n) is 53.4. The van der Waals surface area contributed by atoms with Gasteiger partial charge in [0.25, 0.3) is 0 Å². The van der Waals surface area contributed by atoms with E-state index in [1.54, 1.807) is 0 Å². The van der Waals surface area contributed by atoms with E-state index in [9.17, 15) is 25.2 Å². The molecule has 0 bridgehead atoms. The minimum Gasteiger partial charge on any atom is -0.457 e. The van der Waals surface area contributed by atoms with Crippen LogP contribution in [0.2, 0.25) is 0 Å². The molecular formula is C59H130N12O12+8. The zero-order valence-corrected chi connectivity index (χ0v) is 53.4. The number of aliphatic hydroxyl groups excluding tert-OH is 4. The van der Waals surface area contributed by atoms with Crippen LogP contribution in [0.4, 0.5) is 0 Å². The summed E-state index contributed by atoms with van der Waals surface area (Å²) in [5.74, 6) is -0.387. The summed E-state index contributed by atoms with van der Waals surface area (Å²) in [7, 11) is 8.20. The summed E-state index contributed by atoms with van der Waals surface area (Å²) in [6.07, 6.45) is 21.3. The van der Waals surface area contributed by atoms with Crippen LogP contribution in [0, 0.1) is 0 Å². The van der Waals surface area contributed by atoms with E-state index in [1.807, 2.05) is 14.1 Å². The van der Waals surface area contributed by atoms with Gasteiger partial charge in [0.2, 0.25) is 0 Å². The van der Waals surface area contributed by atoms with Gasteiger partial charge in [-0.05, 0) is 34.6 Å².